The predicted octanol–water partition coefficient (Wildman–Crippen LogP) is 2.43. The second-order valence-electron chi connectivity index (χ2n) is 5.19. The Balaban J connectivity index is 1.90. The van der Waals surface area contributed by atoms with Crippen molar-refractivity contribution in [1.82, 2.24) is 15.2 Å². The molecule has 0 aliphatic rings. The van der Waals surface area contributed by atoms with E-state index in [1.54, 1.807) is 0 Å². The fourth-order valence-electron chi connectivity index (χ4n) is 2.16. The number of halogens is 1. The maximum Gasteiger partial charge on any atom is 0.224 e. The highest BCUT2D eigenvalue weighted by Crippen LogP contribution is 2.22. The van der Waals surface area contributed by atoms with Crippen LogP contribution >= 0.6 is 11.6 Å². The average Bonchev–Trinajstić information content (AvgIpc) is 2.77. The van der Waals surface area contributed by atoms with Gasteiger partial charge >= 0.3 is 0 Å². The molecule has 0 saturated heterocycles. The van der Waals surface area contributed by atoms with Crippen LogP contribution in [0.2, 0.25) is 5.02 Å². The van der Waals surface area contributed by atoms with E-state index in [4.69, 9.17) is 11.6 Å². The summed E-state index contributed by atoms with van der Waals surface area (Å²) in [5.74, 6) is 0.0552. The molecule has 1 heterocycles. The second-order valence-corrected chi connectivity index (χ2v) is 5.62. The smallest absolute Gasteiger partial charge is 0.224 e. The van der Waals surface area contributed by atoms with Crippen LogP contribution in [0.1, 0.15) is 12.0 Å². The summed E-state index contributed by atoms with van der Waals surface area (Å²) < 4.78 is 0. The number of hydrogen-bond acceptors (Lipinski definition) is 2. The molecule has 0 saturated carbocycles. The van der Waals surface area contributed by atoms with Crippen LogP contribution in [0.15, 0.2) is 24.4 Å². The molecule has 0 fully saturated rings. The molecule has 4 nitrogen and oxygen atoms in total. The molecule has 20 heavy (non-hydrogen) atoms. The van der Waals surface area contributed by atoms with Gasteiger partial charge in [0.25, 0.3) is 0 Å². The van der Waals surface area contributed by atoms with Crippen LogP contribution in [0, 0.1) is 0 Å². The Morgan fingerprint density at radius 1 is 1.40 bits per heavy atom. The van der Waals surface area contributed by atoms with Crippen molar-refractivity contribution in [2.24, 2.45) is 0 Å². The number of fused-ring (bicyclic) bond motifs is 1. The summed E-state index contributed by atoms with van der Waals surface area (Å²) in [7, 11) is 4.05. The van der Waals surface area contributed by atoms with Gasteiger partial charge in [0.2, 0.25) is 5.91 Å². The quantitative estimate of drug-likeness (QED) is 0.804. The summed E-state index contributed by atoms with van der Waals surface area (Å²) >= 11 is 5.94. The normalized spacial score (nSPS) is 11.2. The molecule has 0 spiro atoms. The van der Waals surface area contributed by atoms with E-state index in [1.165, 1.54) is 0 Å². The molecule has 0 atom stereocenters. The number of nitrogens with one attached hydrogen (secondary N) is 2. The maximum atomic E-state index is 11.9. The highest BCUT2D eigenvalue weighted by atomic mass is 35.5. The summed E-state index contributed by atoms with van der Waals surface area (Å²) in [6, 6.07) is 5.66. The molecule has 1 amide bonds. The highest BCUT2D eigenvalue weighted by Gasteiger charge is 2.08. The molecule has 2 N–H and O–H groups in total. The zero-order valence-electron chi connectivity index (χ0n) is 11.9. The van der Waals surface area contributed by atoms with Crippen LogP contribution < -0.4 is 5.32 Å². The van der Waals surface area contributed by atoms with Gasteiger partial charge in [0.05, 0.1) is 6.42 Å². The van der Waals surface area contributed by atoms with E-state index >= 15 is 0 Å². The number of amides is 1. The summed E-state index contributed by atoms with van der Waals surface area (Å²) in [6.45, 7) is 1.69. The fraction of sp³-hybridized carbons (Fsp3) is 0.400. The second kappa shape index (κ2) is 6.77. The number of aromatic amines is 1. The van der Waals surface area contributed by atoms with Gasteiger partial charge in [-0.1, -0.05) is 17.7 Å². The summed E-state index contributed by atoms with van der Waals surface area (Å²) in [6.07, 6.45) is 3.23. The number of H-pyrrole nitrogens is 1. The number of aromatic nitrogens is 1. The number of carbonyl (C=O) groups is 1. The van der Waals surface area contributed by atoms with Crippen molar-refractivity contribution in [3.63, 3.8) is 0 Å². The predicted molar refractivity (Wildman–Crippen MR) is 83.2 cm³/mol. The lowest BCUT2D eigenvalue weighted by molar-refractivity contribution is -0.120. The van der Waals surface area contributed by atoms with Crippen molar-refractivity contribution in [3.05, 3.63) is 35.0 Å². The van der Waals surface area contributed by atoms with Gasteiger partial charge in [-0.3, -0.25) is 4.79 Å². The molecular weight excluding hydrogens is 274 g/mol. The van der Waals surface area contributed by atoms with Gasteiger partial charge in [-0.15, -0.1) is 0 Å². The van der Waals surface area contributed by atoms with E-state index in [2.05, 4.69) is 15.2 Å². The van der Waals surface area contributed by atoms with Crippen molar-refractivity contribution < 1.29 is 4.79 Å². The Bertz CT molecular complexity index is 592. The standard InChI is InChI=1S/C15H20ClN3O/c1-19(2)7-3-6-17-15(20)8-11-10-18-14-9-12(16)4-5-13(11)14/h4-5,9-10,18H,3,6-8H2,1-2H3,(H,17,20). The molecule has 2 aromatic rings. The first-order valence-electron chi connectivity index (χ1n) is 6.73. The van der Waals surface area contributed by atoms with Crippen LogP contribution in [-0.2, 0) is 11.2 Å². The van der Waals surface area contributed by atoms with Gasteiger partial charge in [-0.2, -0.15) is 0 Å². The Labute approximate surface area is 124 Å². The monoisotopic (exact) mass is 293 g/mol. The largest absolute Gasteiger partial charge is 0.361 e. The van der Waals surface area contributed by atoms with Crippen LogP contribution in [0.5, 0.6) is 0 Å². The van der Waals surface area contributed by atoms with Crippen LogP contribution in [0.3, 0.4) is 0 Å². The molecule has 1 aromatic heterocycles. The molecule has 1 aromatic carbocycles. The Morgan fingerprint density at radius 3 is 2.95 bits per heavy atom. The van der Waals surface area contributed by atoms with Gasteiger partial charge in [-0.05, 0) is 44.8 Å². The van der Waals surface area contributed by atoms with Crippen molar-refractivity contribution in [1.29, 1.82) is 0 Å². The Hall–Kier alpha value is -1.52. The Kier molecular flexibility index (Phi) is 5.04. The lowest BCUT2D eigenvalue weighted by Crippen LogP contribution is -2.28. The maximum absolute atomic E-state index is 11.9. The van der Waals surface area contributed by atoms with Gasteiger partial charge in [-0.25, -0.2) is 0 Å². The number of nitrogens with zero attached hydrogens (tertiary/aromatic N) is 1. The zero-order chi connectivity index (χ0) is 14.5. The minimum atomic E-state index is 0.0552. The first-order chi connectivity index (χ1) is 9.56. The van der Waals surface area contributed by atoms with E-state index in [1.807, 2.05) is 38.5 Å². The number of carbonyl (C=O) groups excluding carboxylic acids is 1. The van der Waals surface area contributed by atoms with Crippen molar-refractivity contribution in [2.45, 2.75) is 12.8 Å². The highest BCUT2D eigenvalue weighted by molar-refractivity contribution is 6.31. The molecule has 0 bridgehead atoms. The van der Waals surface area contributed by atoms with E-state index in [0.29, 0.717) is 18.0 Å². The van der Waals surface area contributed by atoms with E-state index in [9.17, 15) is 4.79 Å². The number of benzene rings is 1. The summed E-state index contributed by atoms with van der Waals surface area (Å²) in [5, 5.41) is 4.69. The minimum Gasteiger partial charge on any atom is -0.361 e. The molecule has 0 aliphatic carbocycles. The molecule has 0 unspecified atom stereocenters. The van der Waals surface area contributed by atoms with Gasteiger partial charge in [0.1, 0.15) is 0 Å². The Morgan fingerprint density at radius 2 is 2.20 bits per heavy atom. The van der Waals surface area contributed by atoms with Gasteiger partial charge in [0.15, 0.2) is 0 Å². The van der Waals surface area contributed by atoms with E-state index < -0.39 is 0 Å². The third-order valence-corrected chi connectivity index (χ3v) is 3.42. The number of rotatable bonds is 6. The molecule has 0 aliphatic heterocycles. The average molecular weight is 294 g/mol. The summed E-state index contributed by atoms with van der Waals surface area (Å²) in [5.41, 5.74) is 1.97. The molecule has 108 valence electrons. The first-order valence-corrected chi connectivity index (χ1v) is 7.11. The lowest BCUT2D eigenvalue weighted by atomic mass is 10.1. The van der Waals surface area contributed by atoms with Crippen LogP contribution in [0.4, 0.5) is 0 Å². The van der Waals surface area contributed by atoms with Crippen LogP contribution in [0.25, 0.3) is 10.9 Å². The summed E-state index contributed by atoms with van der Waals surface area (Å²) in [4.78, 5) is 17.2. The third kappa shape index (κ3) is 3.99. The van der Waals surface area contributed by atoms with Crippen molar-refractivity contribution >= 4 is 28.4 Å². The first kappa shape index (κ1) is 14.9. The number of hydrogen-bond donors (Lipinski definition) is 2. The minimum absolute atomic E-state index is 0.0552. The molecular formula is C15H20ClN3O. The molecule has 0 radical (unpaired) electrons. The third-order valence-electron chi connectivity index (χ3n) is 3.18. The molecule has 2 rings (SSSR count). The topological polar surface area (TPSA) is 48.1 Å². The van der Waals surface area contributed by atoms with Gasteiger partial charge in [0, 0.05) is 28.7 Å². The van der Waals surface area contributed by atoms with Crippen LogP contribution in [-0.4, -0.2) is 43.0 Å². The van der Waals surface area contributed by atoms with Crippen molar-refractivity contribution in [2.75, 3.05) is 27.2 Å². The van der Waals surface area contributed by atoms with E-state index in [-0.39, 0.29) is 5.91 Å². The molecule has 5 heteroatoms. The SMILES string of the molecule is CN(C)CCCNC(=O)Cc1c[nH]c2cc(Cl)ccc12. The zero-order valence-corrected chi connectivity index (χ0v) is 12.6. The lowest BCUT2D eigenvalue weighted by Gasteiger charge is -2.09. The van der Waals surface area contributed by atoms with Gasteiger partial charge < -0.3 is 15.2 Å². The fourth-order valence-corrected chi connectivity index (χ4v) is 2.34. The van der Waals surface area contributed by atoms with Crippen molar-refractivity contribution in [3.8, 4) is 0 Å². The van der Waals surface area contributed by atoms with E-state index in [0.717, 1.165) is 29.4 Å².